The van der Waals surface area contributed by atoms with Crippen LogP contribution in [-0.2, 0) is 0 Å². The number of hydrazone groups is 1. The van der Waals surface area contributed by atoms with Gasteiger partial charge < -0.3 is 4.74 Å². The van der Waals surface area contributed by atoms with Crippen molar-refractivity contribution >= 4 is 17.6 Å². The summed E-state index contributed by atoms with van der Waals surface area (Å²) >= 11 is 0. The molecule has 28 heavy (non-hydrogen) atoms. The van der Waals surface area contributed by atoms with Crippen molar-refractivity contribution in [3.63, 3.8) is 0 Å². The quantitative estimate of drug-likeness (QED) is 0.314. The van der Waals surface area contributed by atoms with Gasteiger partial charge in [-0.2, -0.15) is 5.10 Å². The molecule has 0 bridgehead atoms. The average molecular weight is 375 g/mol. The number of non-ortho nitro benzene ring substituents is 1. The second-order valence-electron chi connectivity index (χ2n) is 6.57. The van der Waals surface area contributed by atoms with Crippen molar-refractivity contribution in [3.8, 4) is 11.5 Å². The Kier molecular flexibility index (Phi) is 6.01. The van der Waals surface area contributed by atoms with E-state index < -0.39 is 4.92 Å². The van der Waals surface area contributed by atoms with Crippen LogP contribution < -0.4 is 10.2 Å². The molecule has 0 fully saturated rings. The minimum Gasteiger partial charge on any atom is -0.457 e. The van der Waals surface area contributed by atoms with Crippen molar-refractivity contribution in [2.75, 3.05) is 5.43 Å². The maximum Gasteiger partial charge on any atom is 0.271 e. The third-order valence-electron chi connectivity index (χ3n) is 4.13. The lowest BCUT2D eigenvalue weighted by atomic mass is 10.0. The summed E-state index contributed by atoms with van der Waals surface area (Å²) in [5.74, 6) is 2.02. The van der Waals surface area contributed by atoms with Crippen molar-refractivity contribution in [2.45, 2.75) is 19.8 Å². The average Bonchev–Trinajstić information content (AvgIpc) is 2.70. The number of ether oxygens (including phenoxy) is 1. The number of hydrogen-bond donors (Lipinski definition) is 1. The second-order valence-corrected chi connectivity index (χ2v) is 6.57. The van der Waals surface area contributed by atoms with E-state index in [0.717, 1.165) is 17.1 Å². The lowest BCUT2D eigenvalue weighted by Gasteiger charge is -2.08. The zero-order valence-corrected chi connectivity index (χ0v) is 15.7. The van der Waals surface area contributed by atoms with Crippen LogP contribution in [0.25, 0.3) is 0 Å². The van der Waals surface area contributed by atoms with Crippen LogP contribution in [0.1, 0.15) is 30.9 Å². The normalized spacial score (nSPS) is 11.0. The van der Waals surface area contributed by atoms with E-state index in [1.54, 1.807) is 18.3 Å². The lowest BCUT2D eigenvalue weighted by molar-refractivity contribution is -0.384. The first-order valence-corrected chi connectivity index (χ1v) is 8.92. The molecule has 0 amide bonds. The maximum absolute atomic E-state index is 10.8. The first kappa shape index (κ1) is 19.1. The summed E-state index contributed by atoms with van der Waals surface area (Å²) in [7, 11) is 0. The molecule has 0 saturated carbocycles. The van der Waals surface area contributed by atoms with E-state index in [9.17, 15) is 10.1 Å². The van der Waals surface area contributed by atoms with Gasteiger partial charge in [-0.1, -0.05) is 32.0 Å². The number of nitrogens with zero attached hydrogens (tertiary/aromatic N) is 2. The second kappa shape index (κ2) is 8.81. The highest BCUT2D eigenvalue weighted by Gasteiger charge is 2.04. The van der Waals surface area contributed by atoms with Gasteiger partial charge >= 0.3 is 0 Å². The molecule has 1 N–H and O–H groups in total. The third-order valence-corrected chi connectivity index (χ3v) is 4.13. The van der Waals surface area contributed by atoms with Crippen LogP contribution >= 0.6 is 0 Å². The van der Waals surface area contributed by atoms with Gasteiger partial charge in [-0.25, -0.2) is 0 Å². The summed E-state index contributed by atoms with van der Waals surface area (Å²) in [6, 6.07) is 21.8. The highest BCUT2D eigenvalue weighted by Crippen LogP contribution is 2.24. The molecule has 3 rings (SSSR count). The van der Waals surface area contributed by atoms with E-state index in [2.05, 4.69) is 36.5 Å². The molecule has 0 unspecified atom stereocenters. The van der Waals surface area contributed by atoms with Crippen molar-refractivity contribution in [1.29, 1.82) is 0 Å². The Morgan fingerprint density at radius 2 is 1.64 bits per heavy atom. The third kappa shape index (κ3) is 5.17. The number of rotatable bonds is 7. The summed E-state index contributed by atoms with van der Waals surface area (Å²) in [5.41, 5.74) is 5.51. The number of nitro groups is 1. The number of anilines is 1. The number of hydrogen-bond acceptors (Lipinski definition) is 5. The lowest BCUT2D eigenvalue weighted by Crippen LogP contribution is -1.93. The Hall–Kier alpha value is -3.67. The summed E-state index contributed by atoms with van der Waals surface area (Å²) in [5, 5.41) is 14.9. The molecule has 0 aliphatic carbocycles. The fourth-order valence-electron chi connectivity index (χ4n) is 2.55. The predicted molar refractivity (Wildman–Crippen MR) is 111 cm³/mol. The van der Waals surface area contributed by atoms with Crippen LogP contribution in [0.2, 0.25) is 0 Å². The molecule has 0 spiro atoms. The van der Waals surface area contributed by atoms with Crippen LogP contribution in [0, 0.1) is 10.1 Å². The molecule has 0 heterocycles. The van der Waals surface area contributed by atoms with Gasteiger partial charge in [0.05, 0.1) is 16.8 Å². The number of nitrogens with one attached hydrogen (secondary N) is 1. The fourth-order valence-corrected chi connectivity index (χ4v) is 2.55. The smallest absolute Gasteiger partial charge is 0.271 e. The summed E-state index contributed by atoms with van der Waals surface area (Å²) < 4.78 is 5.85. The molecule has 0 aliphatic rings. The molecular formula is C22H21N3O3. The van der Waals surface area contributed by atoms with E-state index in [1.165, 1.54) is 17.7 Å². The minimum absolute atomic E-state index is 0.0168. The molecule has 142 valence electrons. The van der Waals surface area contributed by atoms with Crippen LogP contribution in [0.5, 0.6) is 11.5 Å². The van der Waals surface area contributed by atoms with E-state index in [1.807, 2.05) is 36.4 Å². The van der Waals surface area contributed by atoms with Gasteiger partial charge in [0.2, 0.25) is 0 Å². The minimum atomic E-state index is -0.440. The Morgan fingerprint density at radius 3 is 2.25 bits per heavy atom. The van der Waals surface area contributed by atoms with Gasteiger partial charge in [-0.3, -0.25) is 15.5 Å². The Bertz CT molecular complexity index is 965. The van der Waals surface area contributed by atoms with E-state index >= 15 is 0 Å². The Labute approximate surface area is 163 Å². The molecular weight excluding hydrogens is 354 g/mol. The van der Waals surface area contributed by atoms with Crippen molar-refractivity contribution in [2.24, 2.45) is 5.10 Å². The molecule has 0 saturated heterocycles. The zero-order valence-electron chi connectivity index (χ0n) is 15.7. The van der Waals surface area contributed by atoms with Crippen molar-refractivity contribution in [3.05, 3.63) is 94.0 Å². The summed E-state index contributed by atoms with van der Waals surface area (Å²) in [6.45, 7) is 4.31. The zero-order chi connectivity index (χ0) is 19.9. The van der Waals surface area contributed by atoms with Crippen LogP contribution in [0.15, 0.2) is 77.9 Å². The van der Waals surface area contributed by atoms with Gasteiger partial charge in [0.15, 0.2) is 0 Å². The highest BCUT2D eigenvalue weighted by atomic mass is 16.6. The van der Waals surface area contributed by atoms with E-state index in [-0.39, 0.29) is 5.69 Å². The molecule has 0 atom stereocenters. The highest BCUT2D eigenvalue weighted by molar-refractivity contribution is 5.80. The predicted octanol–water partition coefficient (Wildman–Crippen LogP) is 5.96. The number of nitro benzene ring substituents is 1. The van der Waals surface area contributed by atoms with Crippen molar-refractivity contribution < 1.29 is 9.66 Å². The van der Waals surface area contributed by atoms with Gasteiger partial charge in [-0.15, -0.1) is 0 Å². The van der Waals surface area contributed by atoms with Crippen LogP contribution in [0.3, 0.4) is 0 Å². The van der Waals surface area contributed by atoms with Gasteiger partial charge in [0, 0.05) is 12.1 Å². The molecule has 3 aromatic rings. The summed E-state index contributed by atoms with van der Waals surface area (Å²) in [6.07, 6.45) is 1.64. The molecule has 0 aromatic heterocycles. The topological polar surface area (TPSA) is 76.8 Å². The van der Waals surface area contributed by atoms with Gasteiger partial charge in [0.25, 0.3) is 5.69 Å². The summed E-state index contributed by atoms with van der Waals surface area (Å²) in [4.78, 5) is 10.3. The fraction of sp³-hybridized carbons (Fsp3) is 0.136. The maximum atomic E-state index is 10.8. The van der Waals surface area contributed by atoms with Crippen LogP contribution in [0.4, 0.5) is 11.4 Å². The van der Waals surface area contributed by atoms with Crippen LogP contribution in [-0.4, -0.2) is 11.1 Å². The molecule has 0 aliphatic heterocycles. The first-order chi connectivity index (χ1) is 13.5. The molecule has 3 aromatic carbocycles. The van der Waals surface area contributed by atoms with Gasteiger partial charge in [-0.05, 0) is 59.5 Å². The first-order valence-electron chi connectivity index (χ1n) is 8.92. The standard InChI is InChI=1S/C22H21N3O3/c1-16(2)18-8-12-22(13-9-18)28-21-10-6-17(7-11-21)15-23-24-19-4-3-5-20(14-19)25(26)27/h3-16,24H,1-2H3. The monoisotopic (exact) mass is 375 g/mol. The Balaban J connectivity index is 1.58. The molecule has 0 radical (unpaired) electrons. The van der Waals surface area contributed by atoms with Crippen molar-refractivity contribution in [1.82, 2.24) is 0 Å². The van der Waals surface area contributed by atoms with E-state index in [4.69, 9.17) is 4.74 Å². The number of benzene rings is 3. The van der Waals surface area contributed by atoms with E-state index in [0.29, 0.717) is 11.6 Å². The Morgan fingerprint density at radius 1 is 1.00 bits per heavy atom. The SMILES string of the molecule is CC(C)c1ccc(Oc2ccc(C=NNc3cccc([N+](=O)[O-])c3)cc2)cc1. The largest absolute Gasteiger partial charge is 0.457 e. The molecule has 6 heteroatoms. The molecule has 6 nitrogen and oxygen atoms in total. The van der Waals surface area contributed by atoms with Gasteiger partial charge in [0.1, 0.15) is 11.5 Å².